The maximum Gasteiger partial charge on any atom is 0.345 e. The largest absolute Gasteiger partial charge is 0.497 e. The molecule has 0 heterocycles. The lowest BCUT2D eigenvalue weighted by molar-refractivity contribution is -0.145. The summed E-state index contributed by atoms with van der Waals surface area (Å²) < 4.78 is 16.0. The Hall–Kier alpha value is -2.40. The monoisotopic (exact) mass is 336 g/mol. The number of aliphatic carboxylic acids is 1. The molecule has 122 valence electrons. The van der Waals surface area contributed by atoms with E-state index in [-0.39, 0.29) is 6.42 Å². The van der Waals surface area contributed by atoms with Gasteiger partial charge in [-0.1, -0.05) is 11.6 Å². The zero-order valence-electron chi connectivity index (χ0n) is 12.8. The van der Waals surface area contributed by atoms with E-state index in [1.54, 1.807) is 49.6 Å². The highest BCUT2D eigenvalue weighted by Crippen LogP contribution is 2.26. The number of hydrogen-bond acceptors (Lipinski definition) is 4. The van der Waals surface area contributed by atoms with Crippen LogP contribution in [0.15, 0.2) is 42.5 Å². The second-order valence-corrected chi connectivity index (χ2v) is 5.22. The Labute approximate surface area is 139 Å². The minimum atomic E-state index is -1.06. The van der Waals surface area contributed by atoms with Gasteiger partial charge in [0, 0.05) is 17.0 Å². The summed E-state index contributed by atoms with van der Waals surface area (Å²) in [5.41, 5.74) is 0.688. The van der Waals surface area contributed by atoms with Crippen LogP contribution in [-0.4, -0.2) is 31.4 Å². The highest BCUT2D eigenvalue weighted by molar-refractivity contribution is 6.30. The average Bonchev–Trinajstić information content (AvgIpc) is 2.56. The van der Waals surface area contributed by atoms with E-state index in [1.165, 1.54) is 7.11 Å². The number of carboxylic acids is 1. The second kappa shape index (κ2) is 7.74. The van der Waals surface area contributed by atoms with Gasteiger partial charge in [-0.25, -0.2) is 4.79 Å². The summed E-state index contributed by atoms with van der Waals surface area (Å²) in [4.78, 5) is 11.5. The number of carbonyl (C=O) groups is 1. The standard InChI is InChI=1S/C17H17ClO5/c1-21-14-7-8-15(22-2)11(9-14)10-16(17(19)20)23-13-5-3-12(18)4-6-13/h3-9,16H,10H2,1-2H3,(H,19,20)/t16-/m0/s1. The summed E-state index contributed by atoms with van der Waals surface area (Å²) in [5.74, 6) is 0.571. The number of rotatable bonds is 7. The number of benzene rings is 2. The van der Waals surface area contributed by atoms with E-state index < -0.39 is 12.1 Å². The van der Waals surface area contributed by atoms with Crippen LogP contribution in [0.3, 0.4) is 0 Å². The van der Waals surface area contributed by atoms with E-state index in [1.807, 2.05) is 0 Å². The Morgan fingerprint density at radius 3 is 2.30 bits per heavy atom. The van der Waals surface area contributed by atoms with Gasteiger partial charge < -0.3 is 19.3 Å². The van der Waals surface area contributed by atoms with Crippen molar-refractivity contribution >= 4 is 17.6 Å². The topological polar surface area (TPSA) is 65.0 Å². The van der Waals surface area contributed by atoms with Crippen molar-refractivity contribution in [2.45, 2.75) is 12.5 Å². The second-order valence-electron chi connectivity index (χ2n) is 4.78. The van der Waals surface area contributed by atoms with Gasteiger partial charge in [0.1, 0.15) is 17.2 Å². The summed E-state index contributed by atoms with van der Waals surface area (Å²) in [6, 6.07) is 11.7. The highest BCUT2D eigenvalue weighted by Gasteiger charge is 2.22. The van der Waals surface area contributed by atoms with Gasteiger partial charge in [-0.05, 0) is 42.5 Å². The van der Waals surface area contributed by atoms with E-state index in [0.717, 1.165) is 0 Å². The molecule has 0 spiro atoms. The van der Waals surface area contributed by atoms with Gasteiger partial charge in [0.2, 0.25) is 0 Å². The SMILES string of the molecule is COc1ccc(OC)c(C[C@H](Oc2ccc(Cl)cc2)C(=O)O)c1. The first kappa shape index (κ1) is 17.0. The number of hydrogen-bond donors (Lipinski definition) is 1. The van der Waals surface area contributed by atoms with Crippen molar-refractivity contribution in [3.05, 3.63) is 53.1 Å². The van der Waals surface area contributed by atoms with E-state index in [9.17, 15) is 9.90 Å². The van der Waals surface area contributed by atoms with Crippen molar-refractivity contribution in [3.8, 4) is 17.2 Å². The molecule has 6 heteroatoms. The summed E-state index contributed by atoms with van der Waals surface area (Å²) in [7, 11) is 3.08. The molecule has 0 fully saturated rings. The lowest BCUT2D eigenvalue weighted by Gasteiger charge is -2.17. The van der Waals surface area contributed by atoms with Crippen molar-refractivity contribution in [2.75, 3.05) is 14.2 Å². The molecule has 5 nitrogen and oxygen atoms in total. The molecular weight excluding hydrogens is 320 g/mol. The van der Waals surface area contributed by atoms with Crippen LogP contribution < -0.4 is 14.2 Å². The van der Waals surface area contributed by atoms with Crippen LogP contribution in [0.4, 0.5) is 0 Å². The van der Waals surface area contributed by atoms with E-state index >= 15 is 0 Å². The quantitative estimate of drug-likeness (QED) is 0.839. The Balaban J connectivity index is 2.22. The van der Waals surface area contributed by atoms with Crippen molar-refractivity contribution in [2.24, 2.45) is 0 Å². The Morgan fingerprint density at radius 1 is 1.09 bits per heavy atom. The molecule has 1 atom stereocenters. The molecule has 2 rings (SSSR count). The molecule has 0 aromatic heterocycles. The van der Waals surface area contributed by atoms with Crippen molar-refractivity contribution in [1.82, 2.24) is 0 Å². The van der Waals surface area contributed by atoms with Gasteiger partial charge in [-0.3, -0.25) is 0 Å². The van der Waals surface area contributed by atoms with Crippen molar-refractivity contribution in [3.63, 3.8) is 0 Å². The van der Waals surface area contributed by atoms with Crippen LogP contribution in [0.25, 0.3) is 0 Å². The number of ether oxygens (including phenoxy) is 3. The van der Waals surface area contributed by atoms with Crippen LogP contribution in [0.5, 0.6) is 17.2 Å². The molecule has 2 aromatic rings. The summed E-state index contributed by atoms with van der Waals surface area (Å²) in [6.45, 7) is 0. The molecule has 0 amide bonds. The van der Waals surface area contributed by atoms with Crippen LogP contribution >= 0.6 is 11.6 Å². The van der Waals surface area contributed by atoms with Crippen LogP contribution in [0.2, 0.25) is 5.02 Å². The van der Waals surface area contributed by atoms with E-state index in [4.69, 9.17) is 25.8 Å². The summed E-state index contributed by atoms with van der Waals surface area (Å²) in [5, 5.41) is 9.97. The number of carboxylic acid groups (broad SMARTS) is 1. The number of methoxy groups -OCH3 is 2. The predicted octanol–water partition coefficient (Wildman–Crippen LogP) is 3.43. The smallest absolute Gasteiger partial charge is 0.345 e. The maximum absolute atomic E-state index is 11.5. The predicted molar refractivity (Wildman–Crippen MR) is 86.8 cm³/mol. The first-order valence-electron chi connectivity index (χ1n) is 6.89. The van der Waals surface area contributed by atoms with Gasteiger partial charge in [-0.2, -0.15) is 0 Å². The van der Waals surface area contributed by atoms with Gasteiger partial charge in [0.05, 0.1) is 14.2 Å². The minimum Gasteiger partial charge on any atom is -0.497 e. The molecule has 23 heavy (non-hydrogen) atoms. The Morgan fingerprint density at radius 2 is 1.74 bits per heavy atom. The van der Waals surface area contributed by atoms with E-state index in [0.29, 0.717) is 27.8 Å². The molecular formula is C17H17ClO5. The molecule has 0 bridgehead atoms. The minimum absolute atomic E-state index is 0.137. The first-order chi connectivity index (χ1) is 11.0. The Bertz CT molecular complexity index is 669. The lowest BCUT2D eigenvalue weighted by Crippen LogP contribution is -2.29. The molecule has 0 aliphatic heterocycles. The fourth-order valence-electron chi connectivity index (χ4n) is 2.10. The Kier molecular flexibility index (Phi) is 5.71. The van der Waals surface area contributed by atoms with Crippen molar-refractivity contribution in [1.29, 1.82) is 0 Å². The average molecular weight is 337 g/mol. The third-order valence-corrected chi connectivity index (χ3v) is 3.51. The highest BCUT2D eigenvalue weighted by atomic mass is 35.5. The molecule has 0 saturated heterocycles. The summed E-state index contributed by atoms with van der Waals surface area (Å²) in [6.07, 6.45) is -0.921. The van der Waals surface area contributed by atoms with Crippen LogP contribution in [0, 0.1) is 0 Å². The molecule has 0 aliphatic carbocycles. The van der Waals surface area contributed by atoms with Gasteiger partial charge in [-0.15, -0.1) is 0 Å². The third kappa shape index (κ3) is 4.53. The van der Waals surface area contributed by atoms with Crippen molar-refractivity contribution < 1.29 is 24.1 Å². The number of halogens is 1. The van der Waals surface area contributed by atoms with Gasteiger partial charge in [0.25, 0.3) is 0 Å². The molecule has 0 saturated carbocycles. The van der Waals surface area contributed by atoms with Crippen LogP contribution in [0.1, 0.15) is 5.56 Å². The molecule has 0 unspecified atom stereocenters. The molecule has 2 aromatic carbocycles. The van der Waals surface area contributed by atoms with E-state index in [2.05, 4.69) is 0 Å². The van der Waals surface area contributed by atoms with Gasteiger partial charge in [0.15, 0.2) is 6.10 Å². The fourth-order valence-corrected chi connectivity index (χ4v) is 2.22. The fraction of sp³-hybridized carbons (Fsp3) is 0.235. The molecule has 0 aliphatic rings. The lowest BCUT2D eigenvalue weighted by atomic mass is 10.1. The maximum atomic E-state index is 11.5. The zero-order valence-corrected chi connectivity index (χ0v) is 13.5. The molecule has 0 radical (unpaired) electrons. The zero-order chi connectivity index (χ0) is 16.8. The normalized spacial score (nSPS) is 11.6. The van der Waals surface area contributed by atoms with Gasteiger partial charge >= 0.3 is 5.97 Å². The first-order valence-corrected chi connectivity index (χ1v) is 7.27. The molecule has 1 N–H and O–H groups in total. The van der Waals surface area contributed by atoms with Crippen LogP contribution in [-0.2, 0) is 11.2 Å². The third-order valence-electron chi connectivity index (χ3n) is 3.26. The summed E-state index contributed by atoms with van der Waals surface area (Å²) >= 11 is 5.81.